The van der Waals surface area contributed by atoms with Crippen molar-refractivity contribution in [3.8, 4) is 0 Å². The fourth-order valence-electron chi connectivity index (χ4n) is 2.36. The molecule has 0 bridgehead atoms. The van der Waals surface area contributed by atoms with Crippen LogP contribution >= 0.6 is 12.2 Å². The lowest BCUT2D eigenvalue weighted by molar-refractivity contribution is -0.139. The maximum Gasteiger partial charge on any atom is 0.232 e. The first-order chi connectivity index (χ1) is 8.16. The van der Waals surface area contributed by atoms with Gasteiger partial charge in [-0.2, -0.15) is 0 Å². The fourth-order valence-corrected chi connectivity index (χ4v) is 2.73. The monoisotopic (exact) mass is 271 g/mol. The Morgan fingerprint density at radius 1 is 1.33 bits per heavy atom. The van der Waals surface area contributed by atoms with Crippen LogP contribution in [0, 0.1) is 11.8 Å². The first-order valence-electron chi connectivity index (χ1n) is 6.46. The van der Waals surface area contributed by atoms with E-state index in [0.717, 1.165) is 19.6 Å². The topological polar surface area (TPSA) is 49.6 Å². The van der Waals surface area contributed by atoms with E-state index in [9.17, 15) is 4.79 Å². The molecule has 1 unspecified atom stereocenters. The van der Waals surface area contributed by atoms with Gasteiger partial charge in [-0.3, -0.25) is 9.69 Å². The highest BCUT2D eigenvalue weighted by Gasteiger charge is 2.37. The van der Waals surface area contributed by atoms with Crippen LogP contribution in [-0.4, -0.2) is 52.9 Å². The highest BCUT2D eigenvalue weighted by atomic mass is 32.1. The molecule has 1 aliphatic heterocycles. The van der Waals surface area contributed by atoms with Crippen LogP contribution in [0.25, 0.3) is 0 Å². The van der Waals surface area contributed by atoms with Crippen LogP contribution < -0.4 is 5.73 Å². The number of likely N-dealkylation sites (N-methyl/N-ethyl adjacent to an activating group) is 1. The Labute approximate surface area is 115 Å². The van der Waals surface area contributed by atoms with Crippen LogP contribution in [0.5, 0.6) is 0 Å². The third-order valence-corrected chi connectivity index (χ3v) is 4.12. The van der Waals surface area contributed by atoms with Gasteiger partial charge in [-0.05, 0) is 26.8 Å². The van der Waals surface area contributed by atoms with Gasteiger partial charge in [0.15, 0.2) is 0 Å². The van der Waals surface area contributed by atoms with E-state index in [2.05, 4.69) is 25.8 Å². The van der Waals surface area contributed by atoms with Crippen molar-refractivity contribution in [3.63, 3.8) is 0 Å². The maximum atomic E-state index is 12.5. The summed E-state index contributed by atoms with van der Waals surface area (Å²) in [7, 11) is 2.09. The first-order valence-corrected chi connectivity index (χ1v) is 6.87. The summed E-state index contributed by atoms with van der Waals surface area (Å²) in [5.74, 6) is -0.101. The van der Waals surface area contributed by atoms with Crippen LogP contribution in [0.4, 0.5) is 0 Å². The Hall–Kier alpha value is -0.680. The third kappa shape index (κ3) is 3.20. The van der Waals surface area contributed by atoms with E-state index < -0.39 is 0 Å². The molecule has 2 N–H and O–H groups in total. The molecule has 1 heterocycles. The number of nitrogens with two attached hydrogens (primary N) is 1. The molecular weight excluding hydrogens is 246 g/mol. The number of carbonyl (C=O) groups is 1. The van der Waals surface area contributed by atoms with Crippen LogP contribution in [-0.2, 0) is 4.79 Å². The highest BCUT2D eigenvalue weighted by Crippen LogP contribution is 2.22. The summed E-state index contributed by atoms with van der Waals surface area (Å²) in [6.07, 6.45) is 0. The largest absolute Gasteiger partial charge is 0.393 e. The fraction of sp³-hybridized carbons (Fsp3) is 0.846. The molecule has 5 heteroatoms. The van der Waals surface area contributed by atoms with Gasteiger partial charge in [0, 0.05) is 25.2 Å². The van der Waals surface area contributed by atoms with Crippen molar-refractivity contribution in [1.82, 2.24) is 9.80 Å². The number of amides is 1. The standard InChI is InChI=1S/C13H25N3OS/c1-9(2)10(11(14)18)12(17)16-7-6-15(5)13(3,4)8-16/h9-10H,6-8H2,1-5H3,(H2,14,18). The lowest BCUT2D eigenvalue weighted by Crippen LogP contribution is -2.60. The van der Waals surface area contributed by atoms with Gasteiger partial charge < -0.3 is 10.6 Å². The Kier molecular flexibility index (Phi) is 4.72. The molecule has 0 aromatic heterocycles. The Bertz CT molecular complexity index is 341. The molecule has 0 radical (unpaired) electrons. The second-order valence-corrected chi connectivity index (χ2v) is 6.59. The molecule has 1 saturated heterocycles. The van der Waals surface area contributed by atoms with E-state index in [4.69, 9.17) is 18.0 Å². The van der Waals surface area contributed by atoms with Crippen LogP contribution in [0.15, 0.2) is 0 Å². The number of carbonyl (C=O) groups excluding carboxylic acids is 1. The van der Waals surface area contributed by atoms with E-state index in [-0.39, 0.29) is 23.3 Å². The van der Waals surface area contributed by atoms with E-state index in [1.165, 1.54) is 0 Å². The van der Waals surface area contributed by atoms with E-state index >= 15 is 0 Å². The maximum absolute atomic E-state index is 12.5. The normalized spacial score (nSPS) is 22.0. The molecule has 0 aliphatic carbocycles. The molecule has 0 aromatic carbocycles. The zero-order valence-corrected chi connectivity index (χ0v) is 12.9. The van der Waals surface area contributed by atoms with Gasteiger partial charge in [-0.25, -0.2) is 0 Å². The Balaban J connectivity index is 2.82. The molecule has 18 heavy (non-hydrogen) atoms. The molecule has 1 amide bonds. The SMILES string of the molecule is CC(C)C(C(=O)N1CCN(C)C(C)(C)C1)C(N)=S. The number of nitrogens with zero attached hydrogens (tertiary/aromatic N) is 2. The van der Waals surface area contributed by atoms with Crippen molar-refractivity contribution >= 4 is 23.1 Å². The van der Waals surface area contributed by atoms with Crippen LogP contribution in [0.2, 0.25) is 0 Å². The summed E-state index contributed by atoms with van der Waals surface area (Å²) < 4.78 is 0. The zero-order valence-electron chi connectivity index (χ0n) is 12.1. The summed E-state index contributed by atoms with van der Waals surface area (Å²) in [4.78, 5) is 17.0. The second-order valence-electron chi connectivity index (χ2n) is 6.12. The second kappa shape index (κ2) is 5.53. The van der Waals surface area contributed by atoms with Gasteiger partial charge in [0.1, 0.15) is 0 Å². The Morgan fingerprint density at radius 2 is 1.89 bits per heavy atom. The quantitative estimate of drug-likeness (QED) is 0.781. The van der Waals surface area contributed by atoms with Crippen molar-refractivity contribution in [2.75, 3.05) is 26.7 Å². The van der Waals surface area contributed by atoms with Crippen molar-refractivity contribution < 1.29 is 4.79 Å². The third-order valence-electron chi connectivity index (χ3n) is 3.87. The minimum atomic E-state index is -0.334. The number of hydrogen-bond donors (Lipinski definition) is 1. The summed E-state index contributed by atoms with van der Waals surface area (Å²) in [6.45, 7) is 10.7. The van der Waals surface area contributed by atoms with Gasteiger partial charge >= 0.3 is 0 Å². The smallest absolute Gasteiger partial charge is 0.232 e. The molecule has 104 valence electrons. The number of rotatable bonds is 3. The predicted molar refractivity (Wildman–Crippen MR) is 78.4 cm³/mol. The molecule has 1 atom stereocenters. The molecule has 4 nitrogen and oxygen atoms in total. The average molecular weight is 271 g/mol. The summed E-state index contributed by atoms with van der Waals surface area (Å²) in [5.41, 5.74) is 5.72. The van der Waals surface area contributed by atoms with Gasteiger partial charge in [-0.15, -0.1) is 0 Å². The summed E-state index contributed by atoms with van der Waals surface area (Å²) in [6, 6.07) is 0. The summed E-state index contributed by atoms with van der Waals surface area (Å²) >= 11 is 5.04. The van der Waals surface area contributed by atoms with Crippen molar-refractivity contribution in [1.29, 1.82) is 0 Å². The van der Waals surface area contributed by atoms with Gasteiger partial charge in [0.2, 0.25) is 5.91 Å². The van der Waals surface area contributed by atoms with Gasteiger partial charge in [0.25, 0.3) is 0 Å². The zero-order chi connectivity index (χ0) is 14.1. The molecule has 1 rings (SSSR count). The van der Waals surface area contributed by atoms with Crippen molar-refractivity contribution in [2.24, 2.45) is 17.6 Å². The first kappa shape index (κ1) is 15.4. The molecule has 1 aliphatic rings. The number of hydrogen-bond acceptors (Lipinski definition) is 3. The lowest BCUT2D eigenvalue weighted by Gasteiger charge is -2.46. The van der Waals surface area contributed by atoms with Gasteiger partial charge in [0.05, 0.1) is 10.9 Å². The van der Waals surface area contributed by atoms with Crippen molar-refractivity contribution in [3.05, 3.63) is 0 Å². The van der Waals surface area contributed by atoms with Crippen LogP contribution in [0.1, 0.15) is 27.7 Å². The molecule has 1 fully saturated rings. The minimum absolute atomic E-state index is 0.00561. The number of thiocarbonyl (C=S) groups is 1. The molecule has 0 saturated carbocycles. The predicted octanol–water partition coefficient (Wildman–Crippen LogP) is 1.10. The summed E-state index contributed by atoms with van der Waals surface area (Å²) in [5, 5.41) is 0. The van der Waals surface area contributed by atoms with Crippen LogP contribution in [0.3, 0.4) is 0 Å². The van der Waals surface area contributed by atoms with E-state index in [0.29, 0.717) is 4.99 Å². The molecule has 0 spiro atoms. The van der Waals surface area contributed by atoms with Gasteiger partial charge in [-0.1, -0.05) is 26.1 Å². The molecule has 0 aromatic rings. The van der Waals surface area contributed by atoms with E-state index in [1.54, 1.807) is 0 Å². The average Bonchev–Trinajstić information content (AvgIpc) is 2.20. The van der Waals surface area contributed by atoms with E-state index in [1.807, 2.05) is 18.7 Å². The lowest BCUT2D eigenvalue weighted by atomic mass is 9.92. The highest BCUT2D eigenvalue weighted by molar-refractivity contribution is 7.80. The number of piperazine rings is 1. The molecular formula is C13H25N3OS. The van der Waals surface area contributed by atoms with Crippen molar-refractivity contribution in [2.45, 2.75) is 33.2 Å². The minimum Gasteiger partial charge on any atom is -0.393 e. The Morgan fingerprint density at radius 3 is 2.28 bits per heavy atom.